The second kappa shape index (κ2) is 7.17. The van der Waals surface area contributed by atoms with Crippen LogP contribution in [0.15, 0.2) is 17.2 Å². The monoisotopic (exact) mass is 332 g/mol. The van der Waals surface area contributed by atoms with Crippen LogP contribution in [0.3, 0.4) is 0 Å². The summed E-state index contributed by atoms with van der Waals surface area (Å²) in [5, 5.41) is 9.71. The molecule has 0 radical (unpaired) electrons. The summed E-state index contributed by atoms with van der Waals surface area (Å²) in [6.07, 6.45) is 7.57. The number of rotatable bonds is 7. The van der Waals surface area contributed by atoms with E-state index in [1.54, 1.807) is 24.0 Å². The highest BCUT2D eigenvalue weighted by Gasteiger charge is 2.31. The van der Waals surface area contributed by atoms with Gasteiger partial charge in [0.15, 0.2) is 0 Å². The van der Waals surface area contributed by atoms with Crippen LogP contribution in [0, 0.1) is 0 Å². The minimum Gasteiger partial charge on any atom is -0.390 e. The second-order valence-electron chi connectivity index (χ2n) is 5.45. The molecule has 1 aromatic heterocycles. The van der Waals surface area contributed by atoms with Crippen LogP contribution in [-0.4, -0.2) is 35.6 Å². The fraction of sp³-hybridized carbons (Fsp3) is 0.714. The van der Waals surface area contributed by atoms with E-state index in [9.17, 15) is 13.5 Å². The van der Waals surface area contributed by atoms with Crippen LogP contribution < -0.4 is 4.72 Å². The van der Waals surface area contributed by atoms with E-state index in [0.717, 1.165) is 25.7 Å². The lowest BCUT2D eigenvalue weighted by molar-refractivity contribution is 0.270. The van der Waals surface area contributed by atoms with Crippen molar-refractivity contribution in [2.24, 2.45) is 0 Å². The van der Waals surface area contributed by atoms with E-state index in [0.29, 0.717) is 17.5 Å². The van der Waals surface area contributed by atoms with Crippen molar-refractivity contribution in [3.63, 3.8) is 0 Å². The summed E-state index contributed by atoms with van der Waals surface area (Å²) in [6.45, 7) is 2.59. The van der Waals surface area contributed by atoms with Crippen molar-refractivity contribution in [1.82, 2.24) is 9.29 Å². The molecular weight excluding hydrogens is 308 g/mol. The summed E-state index contributed by atoms with van der Waals surface area (Å²) in [5.41, 5.74) is 0.644. The molecule has 120 valence electrons. The maximum Gasteiger partial charge on any atom is 0.242 e. The first-order valence-corrected chi connectivity index (χ1v) is 10.1. The lowest BCUT2D eigenvalue weighted by Crippen LogP contribution is -2.38. The van der Waals surface area contributed by atoms with Crippen molar-refractivity contribution in [2.45, 2.75) is 61.9 Å². The summed E-state index contributed by atoms with van der Waals surface area (Å²) in [4.78, 5) is 0.256. The highest BCUT2D eigenvalue weighted by molar-refractivity contribution is 7.99. The quantitative estimate of drug-likeness (QED) is 0.801. The largest absolute Gasteiger partial charge is 0.390 e. The number of aromatic nitrogens is 1. The van der Waals surface area contributed by atoms with Gasteiger partial charge in [-0.05, 0) is 31.6 Å². The Morgan fingerprint density at radius 3 is 2.86 bits per heavy atom. The third-order valence-electron chi connectivity index (χ3n) is 3.96. The number of nitrogens with zero attached hydrogens (tertiary/aromatic N) is 1. The van der Waals surface area contributed by atoms with Gasteiger partial charge in [0.1, 0.15) is 0 Å². The fourth-order valence-electron chi connectivity index (χ4n) is 2.86. The van der Waals surface area contributed by atoms with Crippen LogP contribution in [0.5, 0.6) is 0 Å². The summed E-state index contributed by atoms with van der Waals surface area (Å²) in [5.74, 6) is 0. The number of hydrogen-bond acceptors (Lipinski definition) is 4. The van der Waals surface area contributed by atoms with Gasteiger partial charge in [0.05, 0.1) is 11.5 Å². The predicted octanol–water partition coefficient (Wildman–Crippen LogP) is 1.95. The van der Waals surface area contributed by atoms with Crippen LogP contribution in [0.4, 0.5) is 0 Å². The molecule has 0 spiro atoms. The van der Waals surface area contributed by atoms with Crippen LogP contribution >= 0.6 is 11.8 Å². The van der Waals surface area contributed by atoms with Gasteiger partial charge in [-0.3, -0.25) is 0 Å². The highest BCUT2D eigenvalue weighted by Crippen LogP contribution is 2.29. The van der Waals surface area contributed by atoms with Crippen LogP contribution in [0.1, 0.15) is 38.3 Å². The molecule has 5 nitrogen and oxygen atoms in total. The predicted molar refractivity (Wildman–Crippen MR) is 85.9 cm³/mol. The molecule has 7 heteroatoms. The minimum absolute atomic E-state index is 0.0112. The molecule has 0 amide bonds. The molecule has 1 aromatic rings. The van der Waals surface area contributed by atoms with Gasteiger partial charge in [-0.2, -0.15) is 11.8 Å². The minimum atomic E-state index is -3.51. The molecule has 1 fully saturated rings. The van der Waals surface area contributed by atoms with Crippen molar-refractivity contribution >= 4 is 21.8 Å². The van der Waals surface area contributed by atoms with Crippen LogP contribution in [0.2, 0.25) is 0 Å². The number of aliphatic hydroxyl groups is 1. The van der Waals surface area contributed by atoms with E-state index in [2.05, 4.69) is 4.72 Å². The molecule has 0 aliphatic heterocycles. The average Bonchev–Trinajstić information content (AvgIpc) is 3.05. The van der Waals surface area contributed by atoms with Gasteiger partial charge in [0.2, 0.25) is 10.0 Å². The molecule has 2 rings (SSSR count). The van der Waals surface area contributed by atoms with Crippen molar-refractivity contribution in [1.29, 1.82) is 0 Å². The number of thioether (sulfide) groups is 1. The molecule has 2 N–H and O–H groups in total. The third kappa shape index (κ3) is 3.83. The van der Waals surface area contributed by atoms with E-state index in [1.807, 2.05) is 17.7 Å². The van der Waals surface area contributed by atoms with Gasteiger partial charge >= 0.3 is 0 Å². The van der Waals surface area contributed by atoms with Gasteiger partial charge < -0.3 is 9.67 Å². The zero-order chi connectivity index (χ0) is 15.5. The van der Waals surface area contributed by atoms with Crippen LogP contribution in [0.25, 0.3) is 0 Å². The second-order valence-corrected chi connectivity index (χ2v) is 8.24. The van der Waals surface area contributed by atoms with E-state index in [1.165, 1.54) is 0 Å². The molecule has 1 aliphatic rings. The molecule has 0 saturated heterocycles. The standard InChI is InChI=1S/C14H24N2O3S2/c1-3-7-16-9-12(8-11(16)10-17)21(18,19)15-13-5-4-6-14(13)20-2/h8-9,13-15,17H,3-7,10H2,1-2H3. The zero-order valence-corrected chi connectivity index (χ0v) is 14.2. The number of aliphatic hydroxyl groups excluding tert-OH is 1. The number of sulfonamides is 1. The normalized spacial score (nSPS) is 22.8. The van der Waals surface area contributed by atoms with Gasteiger partial charge in [-0.25, -0.2) is 13.1 Å². The Bertz CT molecular complexity index is 569. The molecule has 2 atom stereocenters. The molecule has 2 unspecified atom stereocenters. The Kier molecular flexibility index (Phi) is 5.76. The topological polar surface area (TPSA) is 71.3 Å². The van der Waals surface area contributed by atoms with Crippen molar-refractivity contribution < 1.29 is 13.5 Å². The first-order chi connectivity index (χ1) is 10.0. The van der Waals surface area contributed by atoms with Crippen molar-refractivity contribution in [3.05, 3.63) is 18.0 Å². The summed E-state index contributed by atoms with van der Waals surface area (Å²) >= 11 is 1.73. The fourth-order valence-corrected chi connectivity index (χ4v) is 5.26. The number of hydrogen-bond donors (Lipinski definition) is 2. The maximum atomic E-state index is 12.5. The molecule has 0 bridgehead atoms. The number of nitrogens with one attached hydrogen (secondary N) is 1. The first kappa shape index (κ1) is 16.9. The average molecular weight is 332 g/mol. The summed E-state index contributed by atoms with van der Waals surface area (Å²) < 4.78 is 29.7. The lowest BCUT2D eigenvalue weighted by Gasteiger charge is -2.18. The highest BCUT2D eigenvalue weighted by atomic mass is 32.2. The zero-order valence-electron chi connectivity index (χ0n) is 12.6. The molecule has 1 saturated carbocycles. The molecule has 21 heavy (non-hydrogen) atoms. The third-order valence-corrected chi connectivity index (χ3v) is 6.59. The first-order valence-electron chi connectivity index (χ1n) is 7.36. The van der Waals surface area contributed by atoms with E-state index < -0.39 is 10.0 Å². The SMILES string of the molecule is CCCn1cc(S(=O)(=O)NC2CCCC2SC)cc1CO. The Labute approximate surface area is 131 Å². The summed E-state index contributed by atoms with van der Waals surface area (Å²) in [6, 6.07) is 1.58. The Hall–Kier alpha value is -0.500. The lowest BCUT2D eigenvalue weighted by atomic mass is 10.3. The molecule has 0 aromatic carbocycles. The number of aryl methyl sites for hydroxylation is 1. The Morgan fingerprint density at radius 2 is 2.24 bits per heavy atom. The van der Waals surface area contributed by atoms with Crippen molar-refractivity contribution in [3.8, 4) is 0 Å². The van der Waals surface area contributed by atoms with Crippen LogP contribution in [-0.2, 0) is 23.2 Å². The van der Waals surface area contributed by atoms with E-state index in [4.69, 9.17) is 0 Å². The van der Waals surface area contributed by atoms with Gasteiger partial charge in [0.25, 0.3) is 0 Å². The Balaban J connectivity index is 2.19. The molecule has 1 heterocycles. The molecule has 1 aliphatic carbocycles. The Morgan fingerprint density at radius 1 is 1.48 bits per heavy atom. The van der Waals surface area contributed by atoms with Gasteiger partial charge in [-0.1, -0.05) is 13.3 Å². The molecular formula is C14H24N2O3S2. The maximum absolute atomic E-state index is 12.5. The van der Waals surface area contributed by atoms with E-state index in [-0.39, 0.29) is 17.5 Å². The van der Waals surface area contributed by atoms with Gasteiger partial charge in [-0.15, -0.1) is 0 Å². The smallest absolute Gasteiger partial charge is 0.242 e. The van der Waals surface area contributed by atoms with Crippen molar-refractivity contribution in [2.75, 3.05) is 6.26 Å². The van der Waals surface area contributed by atoms with E-state index >= 15 is 0 Å². The summed E-state index contributed by atoms with van der Waals surface area (Å²) in [7, 11) is -3.51. The van der Waals surface area contributed by atoms with Gasteiger partial charge in [0, 0.05) is 29.7 Å².